The van der Waals surface area contributed by atoms with Crippen LogP contribution >= 0.6 is 24.0 Å². The smallest absolute Gasteiger partial charge is 0.266 e. The van der Waals surface area contributed by atoms with Gasteiger partial charge in [-0.15, -0.1) is 0 Å². The minimum atomic E-state index is -0.0528. The molecule has 1 heterocycles. The molecule has 7 heteroatoms. The summed E-state index contributed by atoms with van der Waals surface area (Å²) >= 11 is 6.73. The zero-order chi connectivity index (χ0) is 22.2. The zero-order valence-electron chi connectivity index (χ0n) is 17.7. The zero-order valence-corrected chi connectivity index (χ0v) is 19.4. The number of nitrogens with one attached hydrogen (secondary N) is 1. The van der Waals surface area contributed by atoms with Crippen molar-refractivity contribution in [3.8, 4) is 5.75 Å². The number of thiocarbonyl (C=S) groups is 1. The number of nitrogens with zero attached hydrogens (tertiary/aromatic N) is 1. The Hall–Kier alpha value is -2.64. The Labute approximate surface area is 192 Å². The number of methoxy groups -OCH3 is 1. The number of anilines is 1. The fourth-order valence-electron chi connectivity index (χ4n) is 3.14. The normalized spacial score (nSPS) is 14.9. The van der Waals surface area contributed by atoms with E-state index in [4.69, 9.17) is 17.0 Å². The van der Waals surface area contributed by atoms with Crippen molar-refractivity contribution < 1.29 is 14.3 Å². The number of aryl methyl sites for hydroxylation is 1. The van der Waals surface area contributed by atoms with Crippen molar-refractivity contribution in [2.24, 2.45) is 0 Å². The highest BCUT2D eigenvalue weighted by Crippen LogP contribution is 2.33. The van der Waals surface area contributed by atoms with Gasteiger partial charge in [0.05, 0.1) is 12.0 Å². The van der Waals surface area contributed by atoms with Gasteiger partial charge in [-0.05, 0) is 55.7 Å². The van der Waals surface area contributed by atoms with Crippen molar-refractivity contribution in [1.82, 2.24) is 4.90 Å². The number of thioether (sulfide) groups is 1. The molecule has 0 unspecified atom stereocenters. The summed E-state index contributed by atoms with van der Waals surface area (Å²) in [5.41, 5.74) is 2.91. The number of hydrogen-bond acceptors (Lipinski definition) is 5. The molecule has 1 aliphatic heterocycles. The minimum Gasteiger partial charge on any atom is -0.497 e. The van der Waals surface area contributed by atoms with Crippen LogP contribution in [0.4, 0.5) is 5.69 Å². The molecule has 5 nitrogen and oxygen atoms in total. The predicted octanol–water partition coefficient (Wildman–Crippen LogP) is 5.40. The van der Waals surface area contributed by atoms with E-state index in [1.54, 1.807) is 12.0 Å². The van der Waals surface area contributed by atoms with E-state index < -0.39 is 0 Å². The van der Waals surface area contributed by atoms with E-state index in [9.17, 15) is 9.59 Å². The third-order valence-electron chi connectivity index (χ3n) is 4.91. The van der Waals surface area contributed by atoms with Gasteiger partial charge in [0, 0.05) is 18.7 Å². The highest BCUT2D eigenvalue weighted by atomic mass is 32.2. The highest BCUT2D eigenvalue weighted by Gasteiger charge is 2.31. The number of unbranched alkanes of at least 4 members (excludes halogenated alkanes) is 2. The van der Waals surface area contributed by atoms with Crippen molar-refractivity contribution >= 4 is 51.9 Å². The fraction of sp³-hybridized carbons (Fsp3) is 0.292. The first-order valence-corrected chi connectivity index (χ1v) is 11.4. The molecular weight excluding hydrogens is 428 g/mol. The average molecular weight is 455 g/mol. The van der Waals surface area contributed by atoms with E-state index in [-0.39, 0.29) is 11.8 Å². The summed E-state index contributed by atoms with van der Waals surface area (Å²) in [6, 6.07) is 15.3. The number of ether oxygens (including phenoxy) is 1. The van der Waals surface area contributed by atoms with E-state index in [1.807, 2.05) is 61.5 Å². The van der Waals surface area contributed by atoms with Gasteiger partial charge < -0.3 is 10.1 Å². The molecule has 0 radical (unpaired) electrons. The maximum absolute atomic E-state index is 12.7. The quantitative estimate of drug-likeness (QED) is 0.312. The molecule has 1 N–H and O–H groups in total. The lowest BCUT2D eigenvalue weighted by Crippen LogP contribution is -2.29. The summed E-state index contributed by atoms with van der Waals surface area (Å²) in [7, 11) is 1.62. The van der Waals surface area contributed by atoms with Crippen LogP contribution in [0.5, 0.6) is 5.75 Å². The van der Waals surface area contributed by atoms with Crippen molar-refractivity contribution in [3.05, 3.63) is 64.6 Å². The Balaban J connectivity index is 1.41. The number of benzene rings is 2. The summed E-state index contributed by atoms with van der Waals surface area (Å²) in [4.78, 5) is 27.1. The molecule has 1 aliphatic rings. The van der Waals surface area contributed by atoms with Crippen molar-refractivity contribution in [2.75, 3.05) is 19.0 Å². The van der Waals surface area contributed by atoms with Gasteiger partial charge in [0.2, 0.25) is 5.91 Å². The molecule has 2 aromatic carbocycles. The van der Waals surface area contributed by atoms with Crippen LogP contribution < -0.4 is 10.1 Å². The van der Waals surface area contributed by atoms with Crippen LogP contribution in [0.25, 0.3) is 6.08 Å². The van der Waals surface area contributed by atoms with Crippen LogP contribution in [0.2, 0.25) is 0 Å². The van der Waals surface area contributed by atoms with Crippen LogP contribution in [0, 0.1) is 6.92 Å². The minimum absolute atomic E-state index is 0.0110. The van der Waals surface area contributed by atoms with Crippen LogP contribution in [0.3, 0.4) is 0 Å². The Bertz CT molecular complexity index is 969. The van der Waals surface area contributed by atoms with Crippen molar-refractivity contribution in [3.63, 3.8) is 0 Å². The largest absolute Gasteiger partial charge is 0.497 e. The lowest BCUT2D eigenvalue weighted by molar-refractivity contribution is -0.122. The molecule has 0 saturated carbocycles. The number of rotatable bonds is 9. The Morgan fingerprint density at radius 3 is 2.48 bits per heavy atom. The molecule has 2 aromatic rings. The molecule has 1 fully saturated rings. The molecule has 0 aliphatic carbocycles. The Kier molecular flexibility index (Phi) is 8.26. The van der Waals surface area contributed by atoms with Crippen LogP contribution in [-0.4, -0.2) is 34.7 Å². The first kappa shape index (κ1) is 23.0. The molecule has 0 aromatic heterocycles. The van der Waals surface area contributed by atoms with Crippen LogP contribution in [0.15, 0.2) is 53.4 Å². The number of carbonyl (C=O) groups excluding carboxylic acids is 2. The summed E-state index contributed by atoms with van der Waals surface area (Å²) in [5.74, 6) is 0.733. The monoisotopic (exact) mass is 454 g/mol. The summed E-state index contributed by atoms with van der Waals surface area (Å²) in [6.45, 7) is 2.59. The standard InChI is InChI=1S/C24H26N2O3S2/c1-17-7-11-19(12-8-17)25-22(27)6-4-3-5-15-26-23(28)21(31-24(26)30)16-18-9-13-20(29-2)14-10-18/h7-14,16H,3-6,15H2,1-2H3,(H,25,27)/b21-16-. The number of hydrogen-bond donors (Lipinski definition) is 1. The van der Waals surface area contributed by atoms with Gasteiger partial charge in [-0.2, -0.15) is 0 Å². The first-order chi connectivity index (χ1) is 15.0. The van der Waals surface area contributed by atoms with Crippen LogP contribution in [-0.2, 0) is 9.59 Å². The molecule has 31 heavy (non-hydrogen) atoms. The third-order valence-corrected chi connectivity index (χ3v) is 6.29. The topological polar surface area (TPSA) is 58.6 Å². The molecule has 3 rings (SSSR count). The summed E-state index contributed by atoms with van der Waals surface area (Å²) in [6.07, 6.45) is 4.75. The Morgan fingerprint density at radius 2 is 1.81 bits per heavy atom. The second kappa shape index (κ2) is 11.1. The maximum Gasteiger partial charge on any atom is 0.266 e. The average Bonchev–Trinajstić information content (AvgIpc) is 3.03. The lowest BCUT2D eigenvalue weighted by atomic mass is 10.1. The van der Waals surface area contributed by atoms with E-state index in [0.29, 0.717) is 22.2 Å². The van der Waals surface area contributed by atoms with Gasteiger partial charge in [-0.25, -0.2) is 0 Å². The Morgan fingerprint density at radius 1 is 1.10 bits per heavy atom. The van der Waals surface area contributed by atoms with E-state index in [0.717, 1.165) is 41.8 Å². The van der Waals surface area contributed by atoms with Gasteiger partial charge >= 0.3 is 0 Å². The van der Waals surface area contributed by atoms with Crippen LogP contribution in [0.1, 0.15) is 36.8 Å². The van der Waals surface area contributed by atoms with Crippen molar-refractivity contribution in [1.29, 1.82) is 0 Å². The lowest BCUT2D eigenvalue weighted by Gasteiger charge is -2.14. The predicted molar refractivity (Wildman–Crippen MR) is 131 cm³/mol. The molecule has 0 bridgehead atoms. The first-order valence-electron chi connectivity index (χ1n) is 10.2. The SMILES string of the molecule is COc1ccc(/C=C2\SC(=S)N(CCCCCC(=O)Nc3ccc(C)cc3)C2=O)cc1. The van der Waals surface area contributed by atoms with E-state index >= 15 is 0 Å². The van der Waals surface area contributed by atoms with Gasteiger partial charge in [0.1, 0.15) is 10.1 Å². The molecular formula is C24H26N2O3S2. The van der Waals surface area contributed by atoms with E-state index in [2.05, 4.69) is 5.32 Å². The summed E-state index contributed by atoms with van der Waals surface area (Å²) in [5, 5.41) is 2.91. The second-order valence-corrected chi connectivity index (χ2v) is 9.01. The third kappa shape index (κ3) is 6.67. The highest BCUT2D eigenvalue weighted by molar-refractivity contribution is 8.26. The molecule has 0 spiro atoms. The van der Waals surface area contributed by atoms with Gasteiger partial charge in [-0.1, -0.05) is 60.2 Å². The maximum atomic E-state index is 12.7. The second-order valence-electron chi connectivity index (χ2n) is 7.33. The van der Waals surface area contributed by atoms with Crippen molar-refractivity contribution in [2.45, 2.75) is 32.6 Å². The number of amides is 2. The van der Waals surface area contributed by atoms with Gasteiger partial charge in [0.25, 0.3) is 5.91 Å². The fourth-order valence-corrected chi connectivity index (χ4v) is 4.45. The summed E-state index contributed by atoms with van der Waals surface area (Å²) < 4.78 is 5.75. The molecule has 0 atom stereocenters. The molecule has 1 saturated heterocycles. The molecule has 162 valence electrons. The molecule has 2 amide bonds. The van der Waals surface area contributed by atoms with Gasteiger partial charge in [0.15, 0.2) is 0 Å². The van der Waals surface area contributed by atoms with E-state index in [1.165, 1.54) is 11.8 Å². The number of carbonyl (C=O) groups is 2. The van der Waals surface area contributed by atoms with Gasteiger partial charge in [-0.3, -0.25) is 14.5 Å².